The van der Waals surface area contributed by atoms with Crippen LogP contribution in [0.1, 0.15) is 111 Å². The van der Waals surface area contributed by atoms with Gasteiger partial charge in [-0.25, -0.2) is 0 Å². The predicted octanol–water partition coefficient (Wildman–Crippen LogP) is 6.73. The second-order valence-electron chi connectivity index (χ2n) is 10.9. The van der Waals surface area contributed by atoms with Gasteiger partial charge in [0.1, 0.15) is 0 Å². The molecule has 0 amide bonds. The van der Waals surface area contributed by atoms with E-state index < -0.39 is 26.5 Å². The molecule has 0 N–H and O–H groups in total. The summed E-state index contributed by atoms with van der Waals surface area (Å²) in [4.78, 5) is 52.6. The molecular formula is C27H48Ge2O4. The van der Waals surface area contributed by atoms with E-state index >= 15 is 0 Å². The van der Waals surface area contributed by atoms with Gasteiger partial charge in [0.2, 0.25) is 0 Å². The van der Waals surface area contributed by atoms with Gasteiger partial charge in [-0.3, -0.25) is 0 Å². The third-order valence-corrected chi connectivity index (χ3v) is 30.6. The van der Waals surface area contributed by atoms with E-state index in [1.54, 1.807) is 13.8 Å². The number of carbonyl (C=O) groups is 4. The molecule has 0 heterocycles. The molecule has 0 aromatic heterocycles. The van der Waals surface area contributed by atoms with Gasteiger partial charge in [0.15, 0.2) is 0 Å². The van der Waals surface area contributed by atoms with E-state index in [0.717, 1.165) is 91.6 Å². The molecule has 2 atom stereocenters. The molecule has 0 aromatic rings. The third-order valence-electron chi connectivity index (χ3n) is 9.16. The molecule has 6 heteroatoms. The Balaban J connectivity index is 1.99. The molecule has 0 radical (unpaired) electrons. The average Bonchev–Trinajstić information content (AvgIpc) is 2.84. The Kier molecular flexibility index (Phi) is 12.1. The molecule has 0 spiro atoms. The Hall–Kier alpha value is -0.234. The third kappa shape index (κ3) is 6.92. The van der Waals surface area contributed by atoms with E-state index in [2.05, 4.69) is 13.8 Å². The summed E-state index contributed by atoms with van der Waals surface area (Å²) < 4.78 is 1.18. The van der Waals surface area contributed by atoms with Gasteiger partial charge in [-0.05, 0) is 0 Å². The minimum atomic E-state index is -3.23. The van der Waals surface area contributed by atoms with Gasteiger partial charge >= 0.3 is 208 Å². The Morgan fingerprint density at radius 1 is 0.576 bits per heavy atom. The van der Waals surface area contributed by atoms with Crippen LogP contribution in [-0.4, -0.2) is 45.0 Å². The zero-order chi connectivity index (χ0) is 24.5. The van der Waals surface area contributed by atoms with Crippen LogP contribution >= 0.6 is 0 Å². The summed E-state index contributed by atoms with van der Waals surface area (Å²) in [5.74, 6) is 0.271. The fourth-order valence-corrected chi connectivity index (χ4v) is 23.8. The van der Waals surface area contributed by atoms with Crippen LogP contribution in [0.4, 0.5) is 0 Å². The van der Waals surface area contributed by atoms with E-state index in [9.17, 15) is 19.2 Å². The van der Waals surface area contributed by atoms with Crippen LogP contribution in [0, 0.1) is 11.8 Å². The van der Waals surface area contributed by atoms with Gasteiger partial charge in [0.25, 0.3) is 0 Å². The number of carbonyl (C=O) groups excluding carboxylic acids is 4. The molecule has 4 nitrogen and oxygen atoms in total. The number of hydrogen-bond acceptors (Lipinski definition) is 4. The Bertz CT molecular complexity index is 636. The van der Waals surface area contributed by atoms with E-state index in [1.807, 2.05) is 0 Å². The first-order chi connectivity index (χ1) is 15.7. The van der Waals surface area contributed by atoms with E-state index in [1.165, 1.54) is 12.8 Å². The summed E-state index contributed by atoms with van der Waals surface area (Å²) in [6.45, 7) is 7.50. The summed E-state index contributed by atoms with van der Waals surface area (Å²) in [5.41, 5.74) is 0. The molecule has 2 fully saturated rings. The van der Waals surface area contributed by atoms with Gasteiger partial charge in [-0.2, -0.15) is 0 Å². The number of hydrogen-bond donors (Lipinski definition) is 0. The van der Waals surface area contributed by atoms with Crippen molar-refractivity contribution in [1.82, 2.24) is 0 Å². The Labute approximate surface area is 207 Å². The maximum absolute atomic E-state index is 13.5. The normalized spacial score (nSPS) is 21.7. The van der Waals surface area contributed by atoms with Gasteiger partial charge in [0.05, 0.1) is 0 Å². The summed E-state index contributed by atoms with van der Waals surface area (Å²) in [6, 6.07) is 0. The summed E-state index contributed by atoms with van der Waals surface area (Å²) in [5, 5.41) is 3.16. The quantitative estimate of drug-likeness (QED) is 0.169. The standard InChI is InChI=1S/C27H48Ge2O4/c1-5-28(22(3)30,26(32)24-16-10-7-11-17-24)20-14-9-15-21-29(6-2,23(4)31)27(33)25-18-12-8-13-19-25/h24-25H,5-21H2,1-4H3. The number of rotatable bonds is 14. The Morgan fingerprint density at radius 2 is 0.909 bits per heavy atom. The topological polar surface area (TPSA) is 68.3 Å². The van der Waals surface area contributed by atoms with E-state index in [0.29, 0.717) is 9.23 Å². The second-order valence-corrected chi connectivity index (χ2v) is 30.1. The molecule has 2 aliphatic carbocycles. The zero-order valence-electron chi connectivity index (χ0n) is 21.8. The molecule has 0 saturated heterocycles. The molecule has 2 aliphatic rings. The maximum atomic E-state index is 13.5. The predicted molar refractivity (Wildman–Crippen MR) is 140 cm³/mol. The van der Waals surface area contributed by atoms with Crippen LogP contribution in [0.2, 0.25) is 21.0 Å². The van der Waals surface area contributed by atoms with Crippen molar-refractivity contribution in [3.05, 3.63) is 0 Å². The molecule has 2 saturated carbocycles. The Morgan fingerprint density at radius 3 is 1.18 bits per heavy atom. The van der Waals surface area contributed by atoms with Crippen LogP contribution in [0.25, 0.3) is 0 Å². The molecule has 0 aromatic carbocycles. The summed E-state index contributed by atoms with van der Waals surface area (Å²) in [7, 11) is 0. The van der Waals surface area contributed by atoms with Crippen molar-refractivity contribution < 1.29 is 19.2 Å². The van der Waals surface area contributed by atoms with Crippen molar-refractivity contribution in [3.8, 4) is 0 Å². The molecule has 0 bridgehead atoms. The SMILES string of the molecule is C[CH2][Ge]([CH2]CCC[CH2][Ge]([CH2]C)([C](C)=O)[C](=O)C1CCCCC1)([C](C)=O)[C](=O)C1CCCCC1. The van der Waals surface area contributed by atoms with Gasteiger partial charge in [-0.15, -0.1) is 0 Å². The van der Waals surface area contributed by atoms with Crippen molar-refractivity contribution in [2.24, 2.45) is 11.8 Å². The van der Waals surface area contributed by atoms with Crippen LogP contribution in [0.5, 0.6) is 0 Å². The van der Waals surface area contributed by atoms with Gasteiger partial charge in [-0.1, -0.05) is 0 Å². The molecule has 2 unspecified atom stereocenters. The van der Waals surface area contributed by atoms with E-state index in [-0.39, 0.29) is 21.1 Å². The van der Waals surface area contributed by atoms with Crippen molar-refractivity contribution >= 4 is 45.0 Å². The summed E-state index contributed by atoms with van der Waals surface area (Å²) in [6.07, 6.45) is 13.6. The first-order valence-corrected chi connectivity index (χ1v) is 24.0. The van der Waals surface area contributed by atoms with Crippen LogP contribution < -0.4 is 0 Å². The fourth-order valence-electron chi connectivity index (χ4n) is 6.69. The number of unbranched alkanes of at least 4 members (excludes halogenated alkanes) is 2. The monoisotopic (exact) mass is 584 g/mol. The fraction of sp³-hybridized carbons (Fsp3) is 0.852. The first kappa shape index (κ1) is 29.0. The molecular weight excluding hydrogens is 534 g/mol. The molecule has 188 valence electrons. The van der Waals surface area contributed by atoms with Crippen molar-refractivity contribution in [1.29, 1.82) is 0 Å². The molecule has 33 heavy (non-hydrogen) atoms. The average molecular weight is 582 g/mol. The minimum absolute atomic E-state index is 0.135. The molecule has 0 aliphatic heterocycles. The van der Waals surface area contributed by atoms with Crippen LogP contribution in [0.3, 0.4) is 0 Å². The van der Waals surface area contributed by atoms with Crippen molar-refractivity contribution in [2.45, 2.75) is 132 Å². The van der Waals surface area contributed by atoms with Gasteiger partial charge in [0, 0.05) is 0 Å². The summed E-state index contributed by atoms with van der Waals surface area (Å²) >= 11 is -6.46. The second kappa shape index (κ2) is 13.7. The van der Waals surface area contributed by atoms with E-state index in [4.69, 9.17) is 0 Å². The van der Waals surface area contributed by atoms with Gasteiger partial charge < -0.3 is 0 Å². The zero-order valence-corrected chi connectivity index (χ0v) is 26.0. The van der Waals surface area contributed by atoms with Crippen molar-refractivity contribution in [3.63, 3.8) is 0 Å². The van der Waals surface area contributed by atoms with Crippen LogP contribution in [-0.2, 0) is 19.2 Å². The van der Waals surface area contributed by atoms with Crippen molar-refractivity contribution in [2.75, 3.05) is 0 Å². The first-order valence-electron chi connectivity index (χ1n) is 13.9. The van der Waals surface area contributed by atoms with Crippen LogP contribution in [0.15, 0.2) is 0 Å². The molecule has 2 rings (SSSR count).